The predicted molar refractivity (Wildman–Crippen MR) is 98.1 cm³/mol. The first kappa shape index (κ1) is 15.8. The fourth-order valence-electron chi connectivity index (χ4n) is 3.42. The molecular weight excluding hydrogens is 328 g/mol. The first-order valence-corrected chi connectivity index (χ1v) is 8.21. The molecule has 0 aliphatic heterocycles. The third-order valence-corrected chi connectivity index (χ3v) is 4.53. The van der Waals surface area contributed by atoms with E-state index in [2.05, 4.69) is 26.6 Å². The monoisotopic (exact) mass is 344 g/mol. The number of nitrogens with one attached hydrogen (secondary N) is 2. The number of pyridine rings is 1. The summed E-state index contributed by atoms with van der Waals surface area (Å²) in [4.78, 5) is 15.7. The van der Waals surface area contributed by atoms with E-state index in [9.17, 15) is 10.1 Å². The quantitative estimate of drug-likeness (QED) is 0.660. The van der Waals surface area contributed by atoms with Crippen molar-refractivity contribution in [2.45, 2.75) is 19.8 Å². The number of nitrogen functional groups attached to an aromatic ring is 1. The fourth-order valence-corrected chi connectivity index (χ4v) is 3.42. The van der Waals surface area contributed by atoms with E-state index in [1.807, 2.05) is 24.3 Å². The lowest BCUT2D eigenvalue weighted by Crippen LogP contribution is -2.11. The van der Waals surface area contributed by atoms with E-state index in [0.29, 0.717) is 11.3 Å². The van der Waals surface area contributed by atoms with Crippen LogP contribution in [0.5, 0.6) is 0 Å². The molecule has 1 aliphatic rings. The zero-order chi connectivity index (χ0) is 18.3. The average molecular weight is 344 g/mol. The number of benzene rings is 1. The van der Waals surface area contributed by atoms with E-state index in [4.69, 9.17) is 5.73 Å². The number of nitrogens with two attached hydrogens (primary N) is 1. The molecular formula is C19H16N6O. The number of hydrogen-bond acceptors (Lipinski definition) is 5. The van der Waals surface area contributed by atoms with Crippen LogP contribution in [0, 0.1) is 11.3 Å². The van der Waals surface area contributed by atoms with Crippen molar-refractivity contribution in [3.63, 3.8) is 0 Å². The number of hydrogen-bond donors (Lipinski definition) is 3. The Labute approximate surface area is 149 Å². The average Bonchev–Trinajstić information content (AvgIpc) is 3.10. The van der Waals surface area contributed by atoms with Gasteiger partial charge in [-0.1, -0.05) is 12.1 Å². The molecule has 3 aromatic rings. The van der Waals surface area contributed by atoms with Gasteiger partial charge in [0.2, 0.25) is 5.91 Å². The second-order valence-electron chi connectivity index (χ2n) is 6.21. The highest BCUT2D eigenvalue weighted by Gasteiger charge is 2.26. The van der Waals surface area contributed by atoms with Crippen molar-refractivity contribution >= 4 is 17.4 Å². The lowest BCUT2D eigenvalue weighted by molar-refractivity contribution is -0.114. The van der Waals surface area contributed by atoms with Crippen LogP contribution in [0.15, 0.2) is 30.5 Å². The van der Waals surface area contributed by atoms with Gasteiger partial charge < -0.3 is 11.1 Å². The van der Waals surface area contributed by atoms with Crippen molar-refractivity contribution in [1.82, 2.24) is 15.2 Å². The molecule has 0 radical (unpaired) electrons. The van der Waals surface area contributed by atoms with Crippen LogP contribution in [0.3, 0.4) is 0 Å². The van der Waals surface area contributed by atoms with E-state index < -0.39 is 0 Å². The molecule has 0 bridgehead atoms. The predicted octanol–water partition coefficient (Wildman–Crippen LogP) is 2.65. The van der Waals surface area contributed by atoms with Crippen LogP contribution >= 0.6 is 0 Å². The van der Waals surface area contributed by atoms with Gasteiger partial charge in [-0.15, -0.1) is 0 Å². The van der Waals surface area contributed by atoms with Gasteiger partial charge in [0.15, 0.2) is 0 Å². The number of rotatable bonds is 2. The lowest BCUT2D eigenvalue weighted by atomic mass is 9.86. The number of H-pyrrole nitrogens is 1. The smallest absolute Gasteiger partial charge is 0.221 e. The summed E-state index contributed by atoms with van der Waals surface area (Å²) in [5.41, 5.74) is 12.6. The normalized spacial score (nSPS) is 12.0. The number of carbonyl (C=O) groups excluding carboxylic acids is 1. The van der Waals surface area contributed by atoms with Gasteiger partial charge in [0.25, 0.3) is 0 Å². The van der Waals surface area contributed by atoms with Crippen LogP contribution in [0.4, 0.5) is 11.5 Å². The summed E-state index contributed by atoms with van der Waals surface area (Å²) in [6.45, 7) is 1.46. The highest BCUT2D eigenvalue weighted by atomic mass is 16.1. The summed E-state index contributed by atoms with van der Waals surface area (Å²) < 4.78 is 0. The van der Waals surface area contributed by atoms with Crippen LogP contribution in [0.1, 0.15) is 23.7 Å². The second kappa shape index (κ2) is 6.01. The Morgan fingerprint density at radius 2 is 2.08 bits per heavy atom. The minimum absolute atomic E-state index is 0.131. The highest BCUT2D eigenvalue weighted by Crippen LogP contribution is 2.40. The molecule has 1 aliphatic carbocycles. The summed E-state index contributed by atoms with van der Waals surface area (Å²) in [5, 5.41) is 19.5. The van der Waals surface area contributed by atoms with Crippen molar-refractivity contribution in [3.05, 3.63) is 47.3 Å². The maximum absolute atomic E-state index is 11.2. The number of nitrogens with zero attached hydrogens (tertiary/aromatic N) is 3. The van der Waals surface area contributed by atoms with Crippen LogP contribution < -0.4 is 11.1 Å². The zero-order valence-corrected chi connectivity index (χ0v) is 14.1. The molecule has 0 unspecified atom stereocenters. The number of fused-ring (bicyclic) bond motifs is 3. The van der Waals surface area contributed by atoms with Gasteiger partial charge in [-0.25, -0.2) is 4.98 Å². The van der Waals surface area contributed by atoms with E-state index >= 15 is 0 Å². The number of aromatic nitrogens is 3. The summed E-state index contributed by atoms with van der Waals surface area (Å²) in [6.07, 6.45) is 3.29. The molecule has 4 rings (SSSR count). The van der Waals surface area contributed by atoms with Crippen LogP contribution in [0.2, 0.25) is 0 Å². The molecule has 0 saturated carbocycles. The van der Waals surface area contributed by atoms with Gasteiger partial charge in [-0.3, -0.25) is 9.89 Å². The van der Waals surface area contributed by atoms with E-state index in [1.54, 1.807) is 6.20 Å². The number of aromatic amines is 1. The molecule has 0 spiro atoms. The van der Waals surface area contributed by atoms with Gasteiger partial charge >= 0.3 is 0 Å². The Morgan fingerprint density at radius 1 is 1.31 bits per heavy atom. The zero-order valence-electron chi connectivity index (χ0n) is 14.1. The molecule has 1 aromatic carbocycles. The third kappa shape index (κ3) is 2.48. The van der Waals surface area contributed by atoms with E-state index in [1.165, 1.54) is 6.92 Å². The van der Waals surface area contributed by atoms with Crippen molar-refractivity contribution < 1.29 is 4.79 Å². The minimum atomic E-state index is -0.131. The van der Waals surface area contributed by atoms with Gasteiger partial charge in [0.05, 0.1) is 11.9 Å². The molecule has 26 heavy (non-hydrogen) atoms. The van der Waals surface area contributed by atoms with Gasteiger partial charge in [0.1, 0.15) is 17.5 Å². The molecule has 2 aromatic heterocycles. The fraction of sp³-hybridized carbons (Fsp3) is 0.158. The van der Waals surface area contributed by atoms with Crippen molar-refractivity contribution in [1.29, 1.82) is 5.26 Å². The standard InChI is InChI=1S/C19H16N6O/c1-10(26)23-12-4-2-11(3-5-12)17-13-6-7-16-15(9-22-25-16)18(13)24-19(21)14(17)8-20/h2-5,9H,6-7H2,1H3,(H2,21,24)(H,22,25)(H,23,26). The summed E-state index contributed by atoms with van der Waals surface area (Å²) in [5.74, 6) is 0.0784. The molecule has 1 amide bonds. The molecule has 4 N–H and O–H groups in total. The first-order valence-electron chi connectivity index (χ1n) is 8.21. The number of anilines is 2. The number of amides is 1. The molecule has 128 valence electrons. The van der Waals surface area contributed by atoms with Gasteiger partial charge in [0, 0.05) is 29.4 Å². The maximum Gasteiger partial charge on any atom is 0.221 e. The topological polar surface area (TPSA) is 120 Å². The molecule has 0 atom stereocenters. The van der Waals surface area contributed by atoms with E-state index in [-0.39, 0.29) is 11.7 Å². The van der Waals surface area contributed by atoms with Gasteiger partial charge in [-0.05, 0) is 36.1 Å². The van der Waals surface area contributed by atoms with Crippen LogP contribution in [-0.2, 0) is 17.6 Å². The molecule has 7 heteroatoms. The van der Waals surface area contributed by atoms with Crippen molar-refractivity contribution in [2.75, 3.05) is 11.1 Å². The molecule has 0 fully saturated rings. The largest absolute Gasteiger partial charge is 0.383 e. The Morgan fingerprint density at radius 3 is 2.77 bits per heavy atom. The van der Waals surface area contributed by atoms with E-state index in [0.717, 1.165) is 46.5 Å². The van der Waals surface area contributed by atoms with Crippen molar-refractivity contribution in [3.8, 4) is 28.5 Å². The SMILES string of the molecule is CC(=O)Nc1ccc(-c2c(C#N)c(N)nc3c2CCc2[nH]ncc2-3)cc1. The summed E-state index contributed by atoms with van der Waals surface area (Å²) >= 11 is 0. The summed E-state index contributed by atoms with van der Waals surface area (Å²) in [6, 6.07) is 9.58. The minimum Gasteiger partial charge on any atom is -0.383 e. The second-order valence-corrected chi connectivity index (χ2v) is 6.21. The first-order chi connectivity index (χ1) is 12.6. The Balaban J connectivity index is 1.91. The Bertz CT molecular complexity index is 1060. The number of aryl methyl sites for hydroxylation is 1. The van der Waals surface area contributed by atoms with Crippen LogP contribution in [-0.4, -0.2) is 21.1 Å². The Kier molecular flexibility index (Phi) is 3.66. The maximum atomic E-state index is 11.2. The third-order valence-electron chi connectivity index (χ3n) is 4.53. The summed E-state index contributed by atoms with van der Waals surface area (Å²) in [7, 11) is 0. The molecule has 0 saturated heterocycles. The van der Waals surface area contributed by atoms with Crippen molar-refractivity contribution in [2.24, 2.45) is 0 Å². The molecule has 7 nitrogen and oxygen atoms in total. The lowest BCUT2D eigenvalue weighted by Gasteiger charge is -2.21. The molecule has 2 heterocycles. The Hall–Kier alpha value is -3.66. The van der Waals surface area contributed by atoms with Crippen LogP contribution in [0.25, 0.3) is 22.4 Å². The van der Waals surface area contributed by atoms with Gasteiger partial charge in [-0.2, -0.15) is 10.4 Å². The number of carbonyl (C=O) groups is 1. The number of nitriles is 1. The highest BCUT2D eigenvalue weighted by molar-refractivity contribution is 5.90.